The smallest absolute Gasteiger partial charge is 0.317 e. The Bertz CT molecular complexity index is 1130. The molecule has 192 valence electrons. The summed E-state index contributed by atoms with van der Waals surface area (Å²) in [6.45, 7) is 3.95. The first kappa shape index (κ1) is 25.9. The van der Waals surface area contributed by atoms with Crippen molar-refractivity contribution in [2.75, 3.05) is 20.2 Å². The van der Waals surface area contributed by atoms with Crippen molar-refractivity contribution in [2.45, 2.75) is 64.5 Å². The summed E-state index contributed by atoms with van der Waals surface area (Å²) in [5, 5.41) is 8.46. The normalized spacial score (nSPS) is 13.6. The Morgan fingerprint density at radius 2 is 1.94 bits per heavy atom. The molecule has 2 heterocycles. The third-order valence-corrected chi connectivity index (χ3v) is 6.95. The van der Waals surface area contributed by atoms with E-state index < -0.39 is 0 Å². The maximum absolute atomic E-state index is 13.1. The lowest BCUT2D eigenvalue weighted by molar-refractivity contribution is 0.171. The minimum Gasteiger partial charge on any atom is -0.495 e. The van der Waals surface area contributed by atoms with Crippen LogP contribution < -0.4 is 10.1 Å². The minimum absolute atomic E-state index is 0.0153. The first-order valence-electron chi connectivity index (χ1n) is 12.8. The Morgan fingerprint density at radius 3 is 2.64 bits per heavy atom. The number of hydrogen-bond acceptors (Lipinski definition) is 5. The fourth-order valence-electron chi connectivity index (χ4n) is 4.68. The predicted octanol–water partition coefficient (Wildman–Crippen LogP) is 5.81. The number of pyridine rings is 1. The van der Waals surface area contributed by atoms with Crippen molar-refractivity contribution < 1.29 is 9.53 Å². The molecule has 1 N–H and O–H groups in total. The van der Waals surface area contributed by atoms with E-state index in [2.05, 4.69) is 17.2 Å². The van der Waals surface area contributed by atoms with Crippen LogP contribution >= 0.6 is 11.6 Å². The topological polar surface area (TPSA) is 85.2 Å². The van der Waals surface area contributed by atoms with Gasteiger partial charge in [0.2, 0.25) is 0 Å². The van der Waals surface area contributed by atoms with Crippen LogP contribution in [0.1, 0.15) is 51.9 Å². The summed E-state index contributed by atoms with van der Waals surface area (Å²) in [6.07, 6.45) is 11.1. The molecule has 9 heteroatoms. The highest BCUT2D eigenvalue weighted by Crippen LogP contribution is 2.31. The summed E-state index contributed by atoms with van der Waals surface area (Å²) in [6, 6.07) is 9.65. The molecule has 36 heavy (non-hydrogen) atoms. The van der Waals surface area contributed by atoms with Crippen molar-refractivity contribution in [3.05, 3.63) is 47.7 Å². The van der Waals surface area contributed by atoms with Crippen molar-refractivity contribution in [1.82, 2.24) is 30.0 Å². The van der Waals surface area contributed by atoms with Gasteiger partial charge in [0, 0.05) is 42.7 Å². The fraction of sp³-hybridized carbons (Fsp3) is 0.481. The van der Waals surface area contributed by atoms with Gasteiger partial charge in [-0.2, -0.15) is 5.10 Å². The highest BCUT2D eigenvalue weighted by Gasteiger charge is 2.27. The number of nitrogens with one attached hydrogen (secondary N) is 1. The van der Waals surface area contributed by atoms with Gasteiger partial charge in [-0.25, -0.2) is 14.5 Å². The van der Waals surface area contributed by atoms with Gasteiger partial charge in [-0.15, -0.1) is 0 Å². The van der Waals surface area contributed by atoms with Crippen LogP contribution in [0.25, 0.3) is 22.8 Å². The molecule has 0 bridgehead atoms. The van der Waals surface area contributed by atoms with E-state index in [0.717, 1.165) is 56.1 Å². The standard InChI is InChI=1S/C27H35ClN6O2/c1-3-4-7-14-30-27(35)33(22-8-5-6-9-22)17-18-34-26(21-10-11-24(36-2)23(28)19-21)31-25(32-34)20-12-15-29-16-13-20/h10-13,15-16,19,22H,3-9,14,17-18H2,1-2H3,(H,30,35). The zero-order valence-electron chi connectivity index (χ0n) is 21.1. The highest BCUT2D eigenvalue weighted by atomic mass is 35.5. The Hall–Kier alpha value is -3.13. The Kier molecular flexibility index (Phi) is 9.17. The van der Waals surface area contributed by atoms with Crippen molar-refractivity contribution >= 4 is 17.6 Å². The molecule has 0 saturated heterocycles. The number of urea groups is 1. The van der Waals surface area contributed by atoms with Crippen molar-refractivity contribution in [2.24, 2.45) is 0 Å². The van der Waals surface area contributed by atoms with E-state index in [9.17, 15) is 4.79 Å². The second-order valence-corrected chi connectivity index (χ2v) is 9.55. The first-order chi connectivity index (χ1) is 17.6. The monoisotopic (exact) mass is 510 g/mol. The number of carbonyl (C=O) groups is 1. The van der Waals surface area contributed by atoms with E-state index >= 15 is 0 Å². The summed E-state index contributed by atoms with van der Waals surface area (Å²) < 4.78 is 7.19. The van der Waals surface area contributed by atoms with Crippen LogP contribution in [-0.4, -0.2) is 56.9 Å². The summed E-state index contributed by atoms with van der Waals surface area (Å²) >= 11 is 6.43. The number of nitrogens with zero attached hydrogens (tertiary/aromatic N) is 5. The molecule has 1 aromatic carbocycles. The molecule has 1 aliphatic rings. The number of halogens is 1. The van der Waals surface area contributed by atoms with Crippen LogP contribution in [0.2, 0.25) is 5.02 Å². The molecular weight excluding hydrogens is 476 g/mol. The minimum atomic E-state index is 0.0153. The quantitative estimate of drug-likeness (QED) is 0.329. The summed E-state index contributed by atoms with van der Waals surface area (Å²) in [5.74, 6) is 1.91. The third kappa shape index (κ3) is 6.35. The van der Waals surface area contributed by atoms with Gasteiger partial charge in [0.25, 0.3) is 0 Å². The van der Waals surface area contributed by atoms with Crippen LogP contribution in [0.5, 0.6) is 5.75 Å². The SMILES string of the molecule is CCCCCNC(=O)N(CCn1nc(-c2ccncc2)nc1-c1ccc(OC)c(Cl)c1)C1CCCC1. The molecule has 0 atom stereocenters. The molecule has 0 aliphatic heterocycles. The number of ether oxygens (including phenoxy) is 1. The van der Waals surface area contributed by atoms with Gasteiger partial charge in [-0.05, 0) is 49.6 Å². The molecule has 8 nitrogen and oxygen atoms in total. The van der Waals surface area contributed by atoms with Crippen molar-refractivity contribution in [3.63, 3.8) is 0 Å². The van der Waals surface area contributed by atoms with E-state index in [4.69, 9.17) is 26.4 Å². The van der Waals surface area contributed by atoms with E-state index in [0.29, 0.717) is 42.1 Å². The van der Waals surface area contributed by atoms with Crippen LogP contribution in [0, 0.1) is 0 Å². The molecule has 4 rings (SSSR count). The number of benzene rings is 1. The van der Waals surface area contributed by atoms with Gasteiger partial charge in [-0.1, -0.05) is 44.2 Å². The lowest BCUT2D eigenvalue weighted by atomic mass is 10.2. The Labute approximate surface area is 218 Å². The molecule has 3 aromatic rings. The van der Waals surface area contributed by atoms with Crippen LogP contribution in [-0.2, 0) is 6.54 Å². The third-order valence-electron chi connectivity index (χ3n) is 6.66. The molecule has 0 unspecified atom stereocenters. The number of amides is 2. The maximum atomic E-state index is 13.1. The van der Waals surface area contributed by atoms with Crippen LogP contribution in [0.4, 0.5) is 4.79 Å². The molecule has 2 amide bonds. The first-order valence-corrected chi connectivity index (χ1v) is 13.2. The molecule has 0 radical (unpaired) electrons. The van der Waals surface area contributed by atoms with Crippen LogP contribution in [0.3, 0.4) is 0 Å². The molecule has 1 aliphatic carbocycles. The molecule has 1 saturated carbocycles. The maximum Gasteiger partial charge on any atom is 0.317 e. The second kappa shape index (κ2) is 12.7. The number of carbonyl (C=O) groups excluding carboxylic acids is 1. The van der Waals surface area contributed by atoms with Crippen molar-refractivity contribution in [1.29, 1.82) is 0 Å². The van der Waals surface area contributed by atoms with Gasteiger partial charge >= 0.3 is 6.03 Å². The lowest BCUT2D eigenvalue weighted by Crippen LogP contribution is -2.47. The number of aromatic nitrogens is 4. The van der Waals surface area contributed by atoms with E-state index in [1.807, 2.05) is 39.9 Å². The number of rotatable bonds is 11. The van der Waals surface area contributed by atoms with Crippen molar-refractivity contribution in [3.8, 4) is 28.5 Å². The largest absolute Gasteiger partial charge is 0.495 e. The molecule has 0 spiro atoms. The van der Waals surface area contributed by atoms with Gasteiger partial charge < -0.3 is 15.0 Å². The number of methoxy groups -OCH3 is 1. The summed E-state index contributed by atoms with van der Waals surface area (Å²) in [7, 11) is 1.59. The van der Waals surface area contributed by atoms with Gasteiger partial charge in [-0.3, -0.25) is 4.98 Å². The highest BCUT2D eigenvalue weighted by molar-refractivity contribution is 6.32. The van der Waals surface area contributed by atoms with Gasteiger partial charge in [0.05, 0.1) is 18.7 Å². The lowest BCUT2D eigenvalue weighted by Gasteiger charge is -2.29. The van der Waals surface area contributed by atoms with E-state index in [-0.39, 0.29) is 12.1 Å². The summed E-state index contributed by atoms with van der Waals surface area (Å²) in [5.41, 5.74) is 1.72. The summed E-state index contributed by atoms with van der Waals surface area (Å²) in [4.78, 5) is 24.1. The number of unbranched alkanes of at least 4 members (excludes halogenated alkanes) is 2. The Balaban J connectivity index is 1.59. The van der Waals surface area contributed by atoms with Gasteiger partial charge in [0.15, 0.2) is 11.6 Å². The average Bonchev–Trinajstić information content (AvgIpc) is 3.58. The number of hydrogen-bond donors (Lipinski definition) is 1. The van der Waals surface area contributed by atoms with E-state index in [1.54, 1.807) is 19.5 Å². The van der Waals surface area contributed by atoms with Crippen LogP contribution in [0.15, 0.2) is 42.7 Å². The van der Waals surface area contributed by atoms with E-state index in [1.165, 1.54) is 0 Å². The predicted molar refractivity (Wildman–Crippen MR) is 142 cm³/mol. The molecular formula is C27H35ClN6O2. The second-order valence-electron chi connectivity index (χ2n) is 9.14. The zero-order valence-corrected chi connectivity index (χ0v) is 21.9. The van der Waals surface area contributed by atoms with Gasteiger partial charge in [0.1, 0.15) is 5.75 Å². The molecule has 1 fully saturated rings. The zero-order chi connectivity index (χ0) is 25.3. The Morgan fingerprint density at radius 1 is 1.17 bits per heavy atom. The fourth-order valence-corrected chi connectivity index (χ4v) is 4.94. The average molecular weight is 511 g/mol. The molecule has 2 aromatic heterocycles.